The summed E-state index contributed by atoms with van der Waals surface area (Å²) in [6.07, 6.45) is -2.32. The summed E-state index contributed by atoms with van der Waals surface area (Å²) < 4.78 is 57.3. The summed E-state index contributed by atoms with van der Waals surface area (Å²) in [5.41, 5.74) is 0. The van der Waals surface area contributed by atoms with E-state index in [0.717, 1.165) is 0 Å². The third kappa shape index (κ3) is 13.6. The van der Waals surface area contributed by atoms with Crippen LogP contribution in [0.25, 0.3) is 0 Å². The summed E-state index contributed by atoms with van der Waals surface area (Å²) in [7, 11) is -9.68. The predicted octanol–water partition coefficient (Wildman–Crippen LogP) is -3.04. The van der Waals surface area contributed by atoms with E-state index in [1.165, 1.54) is 0 Å². The molecule has 0 amide bonds. The number of rotatable bonds is 8. The van der Waals surface area contributed by atoms with E-state index in [4.69, 9.17) is 29.5 Å². The van der Waals surface area contributed by atoms with Crippen molar-refractivity contribution in [3.05, 3.63) is 0 Å². The van der Waals surface area contributed by atoms with E-state index in [0.29, 0.717) is 0 Å². The van der Waals surface area contributed by atoms with E-state index in [1.807, 2.05) is 0 Å². The topological polar surface area (TPSA) is 258 Å². The zero-order chi connectivity index (χ0) is 19.9. The van der Waals surface area contributed by atoms with Crippen LogP contribution >= 0.6 is 0 Å². The fraction of sp³-hybridized carbons (Fsp3) is 0.500. The Hall–Kier alpha value is -1.30. The zero-order valence-electron chi connectivity index (χ0n) is 11.3. The molecule has 2 unspecified atom stereocenters. The van der Waals surface area contributed by atoms with Gasteiger partial charge in [0.05, 0.1) is 12.8 Å². The number of carboxylic acids is 4. The summed E-state index contributed by atoms with van der Waals surface area (Å²) in [5.74, 6) is -7.00. The molecule has 14 nitrogen and oxygen atoms in total. The Balaban J connectivity index is -0.000000372. The van der Waals surface area contributed by atoms with Gasteiger partial charge in [0.15, 0.2) is 10.5 Å². The van der Waals surface area contributed by atoms with Gasteiger partial charge in [0.2, 0.25) is 0 Å². The monoisotopic (exact) mass is 420 g/mol. The Bertz CT molecular complexity index is 645. The van der Waals surface area contributed by atoms with Crippen LogP contribution in [0.15, 0.2) is 0 Å². The average molecular weight is 420 g/mol. The first-order chi connectivity index (χ1) is 10.5. The number of carbonyl (C=O) groups is 4. The van der Waals surface area contributed by atoms with E-state index >= 15 is 0 Å². The van der Waals surface area contributed by atoms with Gasteiger partial charge in [-0.2, -0.15) is 16.8 Å². The van der Waals surface area contributed by atoms with Crippen LogP contribution in [0.3, 0.4) is 0 Å². The SMILES string of the molecule is O=C(O)CC(C(=O)O)S(=O)(=O)O.O=C(O)CC(C(=O)O)S(=O)(=O)O.[NaH]. The van der Waals surface area contributed by atoms with Crippen LogP contribution in [0.1, 0.15) is 12.8 Å². The second-order valence-corrected chi connectivity index (χ2v) is 7.08. The molecule has 0 fully saturated rings. The van der Waals surface area contributed by atoms with Crippen molar-refractivity contribution in [3.63, 3.8) is 0 Å². The van der Waals surface area contributed by atoms with Crippen molar-refractivity contribution < 1.29 is 65.5 Å². The normalized spacial score (nSPS) is 13.2. The second-order valence-electron chi connectivity index (χ2n) is 3.88. The molecule has 17 heteroatoms. The van der Waals surface area contributed by atoms with Crippen molar-refractivity contribution >= 4 is 73.7 Å². The third-order valence-electron chi connectivity index (χ3n) is 1.99. The Morgan fingerprint density at radius 3 is 0.880 bits per heavy atom. The molecule has 0 aromatic carbocycles. The first-order valence-corrected chi connectivity index (χ1v) is 8.32. The summed E-state index contributed by atoms with van der Waals surface area (Å²) >= 11 is 0. The molecule has 142 valence electrons. The van der Waals surface area contributed by atoms with Crippen LogP contribution in [0.4, 0.5) is 0 Å². The Kier molecular flexibility index (Phi) is 12.9. The molecule has 0 aromatic heterocycles. The molecule has 2 atom stereocenters. The molecule has 0 saturated carbocycles. The molecule has 6 N–H and O–H groups in total. The van der Waals surface area contributed by atoms with Gasteiger partial charge in [-0.3, -0.25) is 28.3 Å². The minimum atomic E-state index is -4.84. The summed E-state index contributed by atoms with van der Waals surface area (Å²) in [5, 5.41) is 27.8. The molecular weight excluding hydrogens is 407 g/mol. The molecule has 0 spiro atoms. The van der Waals surface area contributed by atoms with Crippen LogP contribution < -0.4 is 0 Å². The number of hydrogen-bond donors (Lipinski definition) is 6. The molecule has 0 bridgehead atoms. The van der Waals surface area contributed by atoms with Crippen LogP contribution in [0.5, 0.6) is 0 Å². The summed E-state index contributed by atoms with van der Waals surface area (Å²) in [4.78, 5) is 40.0. The fourth-order valence-electron chi connectivity index (χ4n) is 0.957. The molecule has 0 aliphatic rings. The van der Waals surface area contributed by atoms with E-state index in [2.05, 4.69) is 0 Å². The van der Waals surface area contributed by atoms with Crippen molar-refractivity contribution in [2.24, 2.45) is 0 Å². The van der Waals surface area contributed by atoms with Gasteiger partial charge in [0.1, 0.15) is 0 Å². The Labute approximate surface area is 162 Å². The molecule has 0 rings (SSSR count). The van der Waals surface area contributed by atoms with Crippen LogP contribution in [0, 0.1) is 0 Å². The van der Waals surface area contributed by atoms with E-state index < -0.39 is 67.5 Å². The second kappa shape index (κ2) is 11.3. The van der Waals surface area contributed by atoms with Crippen LogP contribution in [-0.2, 0) is 39.4 Å². The zero-order valence-corrected chi connectivity index (χ0v) is 13.0. The van der Waals surface area contributed by atoms with Crippen molar-refractivity contribution in [1.29, 1.82) is 0 Å². The molecule has 0 aliphatic carbocycles. The van der Waals surface area contributed by atoms with Gasteiger partial charge in [-0.25, -0.2) is 0 Å². The summed E-state index contributed by atoms with van der Waals surface area (Å²) in [6.45, 7) is 0. The molecule has 0 aliphatic heterocycles. The van der Waals surface area contributed by atoms with Crippen molar-refractivity contribution in [1.82, 2.24) is 0 Å². The quantitative estimate of drug-likeness (QED) is 0.168. The number of aliphatic carboxylic acids is 4. The standard InChI is InChI=1S/2C4H6O7S.Na.H/c2*5-3(6)1-2(4(7)8)12(9,10)11;;/h2*2H,1H2,(H,5,6)(H,7,8)(H,9,10,11);;. The maximum atomic E-state index is 10.2. The minimum absolute atomic E-state index is 0. The van der Waals surface area contributed by atoms with Gasteiger partial charge < -0.3 is 20.4 Å². The third-order valence-corrected chi connectivity index (χ3v) is 4.16. The van der Waals surface area contributed by atoms with Gasteiger partial charge in [-0.1, -0.05) is 0 Å². The van der Waals surface area contributed by atoms with Crippen LogP contribution in [-0.4, -0.2) is 110 Å². The average Bonchev–Trinajstić information content (AvgIpc) is 2.30. The molecule has 25 heavy (non-hydrogen) atoms. The number of carboxylic acid groups (broad SMARTS) is 4. The number of hydrogen-bond acceptors (Lipinski definition) is 8. The van der Waals surface area contributed by atoms with E-state index in [1.54, 1.807) is 0 Å². The molecule has 0 aromatic rings. The van der Waals surface area contributed by atoms with Crippen LogP contribution in [0.2, 0.25) is 0 Å². The van der Waals surface area contributed by atoms with Crippen molar-refractivity contribution in [3.8, 4) is 0 Å². The maximum absolute atomic E-state index is 10.2. The molecule has 0 saturated heterocycles. The van der Waals surface area contributed by atoms with E-state index in [9.17, 15) is 36.0 Å². The first kappa shape index (κ1) is 28.5. The summed E-state index contributed by atoms with van der Waals surface area (Å²) in [6, 6.07) is 0. The van der Waals surface area contributed by atoms with Crippen molar-refractivity contribution in [2.45, 2.75) is 23.3 Å². The fourth-order valence-corrected chi connectivity index (χ4v) is 2.17. The predicted molar refractivity (Wildman–Crippen MR) is 77.6 cm³/mol. The van der Waals surface area contributed by atoms with Crippen molar-refractivity contribution in [2.75, 3.05) is 0 Å². The van der Waals surface area contributed by atoms with Gasteiger partial charge in [0, 0.05) is 0 Å². The molecular formula is C8H13NaO14S2. The van der Waals surface area contributed by atoms with E-state index in [-0.39, 0.29) is 29.6 Å². The van der Waals surface area contributed by atoms with Gasteiger partial charge >= 0.3 is 53.4 Å². The van der Waals surface area contributed by atoms with Gasteiger partial charge in [0.25, 0.3) is 20.2 Å². The first-order valence-electron chi connectivity index (χ1n) is 5.32. The Morgan fingerprint density at radius 2 is 0.840 bits per heavy atom. The van der Waals surface area contributed by atoms with Gasteiger partial charge in [-0.05, 0) is 0 Å². The molecule has 0 heterocycles. The molecule has 0 radical (unpaired) electrons. The Morgan fingerprint density at radius 1 is 0.640 bits per heavy atom. The van der Waals surface area contributed by atoms with Gasteiger partial charge in [-0.15, -0.1) is 0 Å².